The summed E-state index contributed by atoms with van der Waals surface area (Å²) in [5.74, 6) is -0.239. The van der Waals surface area contributed by atoms with Gasteiger partial charge in [-0.25, -0.2) is 0 Å². The molecular weight excluding hydrogens is 328 g/mol. The summed E-state index contributed by atoms with van der Waals surface area (Å²) in [6.45, 7) is 6.11. The molecule has 2 rings (SSSR count). The minimum atomic E-state index is -0.902. The van der Waals surface area contributed by atoms with Crippen molar-refractivity contribution in [2.75, 3.05) is 30.3 Å². The van der Waals surface area contributed by atoms with E-state index in [0.29, 0.717) is 24.3 Å². The number of hydrogen-bond donors (Lipinski definition) is 3. The molecule has 1 aromatic carbocycles. The number of carbonyl (C=O) groups excluding carboxylic acids is 2. The molecule has 0 aromatic heterocycles. The zero-order chi connectivity index (χ0) is 19.0. The van der Waals surface area contributed by atoms with Gasteiger partial charge in [0.2, 0.25) is 11.8 Å². The lowest BCUT2D eigenvalue weighted by molar-refractivity contribution is -0.121. The number of amides is 2. The van der Waals surface area contributed by atoms with Crippen LogP contribution in [0.5, 0.6) is 0 Å². The van der Waals surface area contributed by atoms with Crippen LogP contribution >= 0.6 is 0 Å². The summed E-state index contributed by atoms with van der Waals surface area (Å²) in [5, 5.41) is 5.77. The first-order valence-electron chi connectivity index (χ1n) is 9.63. The Labute approximate surface area is 156 Å². The van der Waals surface area contributed by atoms with E-state index in [0.717, 1.165) is 32.4 Å². The second-order valence-electron chi connectivity index (χ2n) is 7.44. The molecule has 1 aliphatic heterocycles. The highest BCUT2D eigenvalue weighted by atomic mass is 16.2. The van der Waals surface area contributed by atoms with Gasteiger partial charge in [-0.15, -0.1) is 0 Å². The first-order chi connectivity index (χ1) is 12.4. The number of nitrogens with one attached hydrogen (secondary N) is 2. The van der Waals surface area contributed by atoms with Crippen molar-refractivity contribution in [3.05, 3.63) is 24.3 Å². The van der Waals surface area contributed by atoms with E-state index in [1.807, 2.05) is 19.1 Å². The summed E-state index contributed by atoms with van der Waals surface area (Å²) >= 11 is 0. The van der Waals surface area contributed by atoms with Crippen LogP contribution in [0.3, 0.4) is 0 Å². The maximum absolute atomic E-state index is 12.3. The van der Waals surface area contributed by atoms with Crippen LogP contribution < -0.4 is 16.4 Å². The fourth-order valence-electron chi connectivity index (χ4n) is 3.28. The third-order valence-corrected chi connectivity index (χ3v) is 4.76. The second kappa shape index (κ2) is 9.69. The molecule has 1 aliphatic rings. The van der Waals surface area contributed by atoms with Gasteiger partial charge in [-0.05, 0) is 57.5 Å². The SMILES string of the molecule is CCCC(C)(N)C(=O)Nc1cccc(NC(=O)CN2CCCCCC2)c1. The van der Waals surface area contributed by atoms with E-state index >= 15 is 0 Å². The van der Waals surface area contributed by atoms with Gasteiger partial charge in [0.25, 0.3) is 0 Å². The summed E-state index contributed by atoms with van der Waals surface area (Å²) in [7, 11) is 0. The number of nitrogens with zero attached hydrogens (tertiary/aromatic N) is 1. The topological polar surface area (TPSA) is 87.5 Å². The Kier molecular flexibility index (Phi) is 7.60. The Morgan fingerprint density at radius 2 is 1.73 bits per heavy atom. The van der Waals surface area contributed by atoms with E-state index < -0.39 is 5.54 Å². The molecule has 0 spiro atoms. The van der Waals surface area contributed by atoms with Crippen LogP contribution in [0.2, 0.25) is 0 Å². The van der Waals surface area contributed by atoms with Crippen LogP contribution in [-0.4, -0.2) is 41.9 Å². The maximum Gasteiger partial charge on any atom is 0.244 e. The van der Waals surface area contributed by atoms with Gasteiger partial charge in [0.1, 0.15) is 0 Å². The highest BCUT2D eigenvalue weighted by Crippen LogP contribution is 2.18. The molecule has 0 bridgehead atoms. The van der Waals surface area contributed by atoms with E-state index in [4.69, 9.17) is 5.73 Å². The summed E-state index contributed by atoms with van der Waals surface area (Å²) in [5.41, 5.74) is 6.48. The lowest BCUT2D eigenvalue weighted by Gasteiger charge is -2.23. The Morgan fingerprint density at radius 1 is 1.12 bits per heavy atom. The largest absolute Gasteiger partial charge is 0.325 e. The van der Waals surface area contributed by atoms with Crippen molar-refractivity contribution in [2.24, 2.45) is 5.73 Å². The minimum Gasteiger partial charge on any atom is -0.325 e. The molecule has 1 unspecified atom stereocenters. The van der Waals surface area contributed by atoms with Crippen molar-refractivity contribution in [1.29, 1.82) is 0 Å². The van der Waals surface area contributed by atoms with Crippen molar-refractivity contribution in [2.45, 2.75) is 57.9 Å². The Hall–Kier alpha value is -1.92. The third kappa shape index (κ3) is 6.42. The quantitative estimate of drug-likeness (QED) is 0.698. The highest BCUT2D eigenvalue weighted by Gasteiger charge is 2.27. The lowest BCUT2D eigenvalue weighted by atomic mass is 9.96. The van der Waals surface area contributed by atoms with Crippen LogP contribution in [-0.2, 0) is 9.59 Å². The molecule has 2 amide bonds. The van der Waals surface area contributed by atoms with Gasteiger partial charge in [0.15, 0.2) is 0 Å². The van der Waals surface area contributed by atoms with E-state index in [9.17, 15) is 9.59 Å². The van der Waals surface area contributed by atoms with Gasteiger partial charge in [-0.2, -0.15) is 0 Å². The molecule has 1 aromatic rings. The summed E-state index contributed by atoms with van der Waals surface area (Å²) < 4.78 is 0. The molecule has 4 N–H and O–H groups in total. The monoisotopic (exact) mass is 360 g/mol. The standard InChI is InChI=1S/C20H32N4O2/c1-3-11-20(2,21)19(26)23-17-10-8-9-16(14-17)22-18(25)15-24-12-6-4-5-7-13-24/h8-10,14H,3-7,11-13,15,21H2,1-2H3,(H,22,25)(H,23,26). The van der Waals surface area contributed by atoms with Crippen LogP contribution in [0.1, 0.15) is 52.4 Å². The minimum absolute atomic E-state index is 0.0231. The highest BCUT2D eigenvalue weighted by molar-refractivity contribution is 5.98. The van der Waals surface area contributed by atoms with Crippen LogP contribution in [0.15, 0.2) is 24.3 Å². The van der Waals surface area contributed by atoms with Crippen molar-refractivity contribution in [3.8, 4) is 0 Å². The fourth-order valence-corrected chi connectivity index (χ4v) is 3.28. The number of carbonyl (C=O) groups is 2. The molecule has 6 nitrogen and oxygen atoms in total. The smallest absolute Gasteiger partial charge is 0.244 e. The normalized spacial score (nSPS) is 17.8. The van der Waals surface area contributed by atoms with Gasteiger partial charge in [0, 0.05) is 11.4 Å². The lowest BCUT2D eigenvalue weighted by Crippen LogP contribution is -2.48. The van der Waals surface area contributed by atoms with E-state index in [-0.39, 0.29) is 11.8 Å². The van der Waals surface area contributed by atoms with Gasteiger partial charge in [0.05, 0.1) is 12.1 Å². The molecule has 1 heterocycles. The molecule has 26 heavy (non-hydrogen) atoms. The summed E-state index contributed by atoms with van der Waals surface area (Å²) in [6.07, 6.45) is 6.27. The molecule has 1 atom stereocenters. The number of rotatable bonds is 7. The van der Waals surface area contributed by atoms with Gasteiger partial charge < -0.3 is 16.4 Å². The molecular formula is C20H32N4O2. The van der Waals surface area contributed by atoms with E-state index in [1.54, 1.807) is 19.1 Å². The first-order valence-corrected chi connectivity index (χ1v) is 9.63. The predicted molar refractivity (Wildman–Crippen MR) is 106 cm³/mol. The van der Waals surface area contributed by atoms with Crippen molar-refractivity contribution in [3.63, 3.8) is 0 Å². The average molecular weight is 361 g/mol. The Bertz CT molecular complexity index is 608. The van der Waals surface area contributed by atoms with Gasteiger partial charge in [-0.3, -0.25) is 14.5 Å². The Morgan fingerprint density at radius 3 is 2.35 bits per heavy atom. The van der Waals surface area contributed by atoms with Crippen molar-refractivity contribution in [1.82, 2.24) is 4.90 Å². The number of benzene rings is 1. The number of likely N-dealkylation sites (tertiary alicyclic amines) is 1. The van der Waals surface area contributed by atoms with Gasteiger partial charge in [-0.1, -0.05) is 32.3 Å². The number of nitrogens with two attached hydrogens (primary N) is 1. The first kappa shape index (κ1) is 20.4. The molecule has 1 saturated heterocycles. The zero-order valence-electron chi connectivity index (χ0n) is 16.0. The van der Waals surface area contributed by atoms with Crippen molar-refractivity contribution < 1.29 is 9.59 Å². The van der Waals surface area contributed by atoms with Crippen molar-refractivity contribution >= 4 is 23.2 Å². The molecule has 6 heteroatoms. The zero-order valence-corrected chi connectivity index (χ0v) is 16.0. The molecule has 144 valence electrons. The number of hydrogen-bond acceptors (Lipinski definition) is 4. The van der Waals surface area contributed by atoms with E-state index in [2.05, 4.69) is 15.5 Å². The number of anilines is 2. The average Bonchev–Trinajstić information content (AvgIpc) is 2.83. The van der Waals surface area contributed by atoms with E-state index in [1.165, 1.54) is 12.8 Å². The summed E-state index contributed by atoms with van der Waals surface area (Å²) in [4.78, 5) is 26.8. The second-order valence-corrected chi connectivity index (χ2v) is 7.44. The van der Waals surface area contributed by atoms with Gasteiger partial charge >= 0.3 is 0 Å². The summed E-state index contributed by atoms with van der Waals surface area (Å²) in [6, 6.07) is 7.19. The fraction of sp³-hybridized carbons (Fsp3) is 0.600. The maximum atomic E-state index is 12.3. The van der Waals surface area contributed by atoms with Crippen LogP contribution in [0.4, 0.5) is 11.4 Å². The third-order valence-electron chi connectivity index (χ3n) is 4.76. The van der Waals surface area contributed by atoms with Crippen LogP contribution in [0, 0.1) is 0 Å². The predicted octanol–water partition coefficient (Wildman–Crippen LogP) is 2.96. The molecule has 0 radical (unpaired) electrons. The molecule has 1 fully saturated rings. The van der Waals surface area contributed by atoms with Crippen LogP contribution in [0.25, 0.3) is 0 Å². The molecule has 0 saturated carbocycles. The molecule has 0 aliphatic carbocycles. The Balaban J connectivity index is 1.91.